The SMILES string of the molecule is CCC(N)C(c1ccc(Cl)s1)N(C)Cc1cccc(Br)c1. The van der Waals surface area contributed by atoms with Gasteiger partial charge in [-0.05, 0) is 43.3 Å². The van der Waals surface area contributed by atoms with E-state index in [1.807, 2.05) is 12.1 Å². The number of thiophene rings is 1. The van der Waals surface area contributed by atoms with Crippen LogP contribution in [0.3, 0.4) is 0 Å². The molecule has 0 saturated heterocycles. The van der Waals surface area contributed by atoms with Gasteiger partial charge >= 0.3 is 0 Å². The van der Waals surface area contributed by atoms with Crippen molar-refractivity contribution in [2.45, 2.75) is 32.0 Å². The molecule has 21 heavy (non-hydrogen) atoms. The van der Waals surface area contributed by atoms with E-state index in [4.69, 9.17) is 17.3 Å². The van der Waals surface area contributed by atoms with Gasteiger partial charge in [0.1, 0.15) is 0 Å². The topological polar surface area (TPSA) is 29.3 Å². The van der Waals surface area contributed by atoms with Crippen LogP contribution in [0.4, 0.5) is 0 Å². The maximum atomic E-state index is 6.36. The first-order valence-electron chi connectivity index (χ1n) is 6.96. The minimum Gasteiger partial charge on any atom is -0.326 e. The quantitative estimate of drug-likeness (QED) is 0.749. The molecule has 0 radical (unpaired) electrons. The molecule has 2 aromatic rings. The highest BCUT2D eigenvalue weighted by Gasteiger charge is 2.24. The van der Waals surface area contributed by atoms with E-state index in [0.29, 0.717) is 0 Å². The van der Waals surface area contributed by atoms with Crippen LogP contribution < -0.4 is 5.73 Å². The van der Waals surface area contributed by atoms with E-state index in [9.17, 15) is 0 Å². The summed E-state index contributed by atoms with van der Waals surface area (Å²) in [6, 6.07) is 12.7. The van der Waals surface area contributed by atoms with E-state index in [2.05, 4.69) is 59.1 Å². The number of likely N-dealkylation sites (N-methyl/N-ethyl adjacent to an activating group) is 1. The van der Waals surface area contributed by atoms with Gasteiger partial charge in [-0.15, -0.1) is 11.3 Å². The van der Waals surface area contributed by atoms with Crippen molar-refractivity contribution < 1.29 is 0 Å². The van der Waals surface area contributed by atoms with Crippen molar-refractivity contribution in [3.05, 3.63) is 55.6 Å². The van der Waals surface area contributed by atoms with Gasteiger partial charge in [0.15, 0.2) is 0 Å². The van der Waals surface area contributed by atoms with Gasteiger partial charge in [0.05, 0.1) is 10.4 Å². The molecule has 0 bridgehead atoms. The lowest BCUT2D eigenvalue weighted by molar-refractivity contribution is 0.205. The lowest BCUT2D eigenvalue weighted by Gasteiger charge is -2.31. The monoisotopic (exact) mass is 386 g/mol. The van der Waals surface area contributed by atoms with Gasteiger partial charge in [-0.1, -0.05) is 46.6 Å². The molecule has 0 saturated carbocycles. The minimum absolute atomic E-state index is 0.0943. The Morgan fingerprint density at radius 1 is 1.33 bits per heavy atom. The highest BCUT2D eigenvalue weighted by Crippen LogP contribution is 2.33. The van der Waals surface area contributed by atoms with Crippen molar-refractivity contribution >= 4 is 38.9 Å². The Morgan fingerprint density at radius 3 is 2.67 bits per heavy atom. The Labute approximate surface area is 144 Å². The molecule has 0 aliphatic carbocycles. The first-order chi connectivity index (χ1) is 10.0. The predicted octanol–water partition coefficient (Wildman–Crippen LogP) is 5.07. The molecule has 0 fully saturated rings. The van der Waals surface area contributed by atoms with Gasteiger partial charge in [-0.3, -0.25) is 4.90 Å². The van der Waals surface area contributed by atoms with Gasteiger partial charge in [0, 0.05) is 21.9 Å². The Hall–Kier alpha value is -0.390. The van der Waals surface area contributed by atoms with Crippen molar-refractivity contribution in [2.24, 2.45) is 5.73 Å². The van der Waals surface area contributed by atoms with Crippen LogP contribution in [0.1, 0.15) is 29.8 Å². The fourth-order valence-electron chi connectivity index (χ4n) is 2.49. The highest BCUT2D eigenvalue weighted by molar-refractivity contribution is 9.10. The van der Waals surface area contributed by atoms with E-state index in [-0.39, 0.29) is 12.1 Å². The second kappa shape index (κ2) is 7.75. The molecule has 2 N–H and O–H groups in total. The number of nitrogens with zero attached hydrogens (tertiary/aromatic N) is 1. The third kappa shape index (κ3) is 4.54. The third-order valence-corrected chi connectivity index (χ3v) is 5.35. The van der Waals surface area contributed by atoms with Crippen LogP contribution in [0.5, 0.6) is 0 Å². The first kappa shape index (κ1) is 17.0. The summed E-state index contributed by atoms with van der Waals surface area (Å²) in [5, 5.41) is 0. The maximum absolute atomic E-state index is 6.36. The molecule has 2 unspecified atom stereocenters. The summed E-state index contributed by atoms with van der Waals surface area (Å²) < 4.78 is 1.91. The second-order valence-corrected chi connectivity index (χ2v) is 7.87. The lowest BCUT2D eigenvalue weighted by Crippen LogP contribution is -2.38. The van der Waals surface area contributed by atoms with E-state index in [1.165, 1.54) is 10.4 Å². The molecule has 1 aromatic carbocycles. The van der Waals surface area contributed by atoms with Gasteiger partial charge in [-0.2, -0.15) is 0 Å². The number of hydrogen-bond acceptors (Lipinski definition) is 3. The lowest BCUT2D eigenvalue weighted by atomic mass is 10.0. The standard InChI is InChI=1S/C16H20BrClN2S/c1-3-13(19)16(14-7-8-15(18)21-14)20(2)10-11-5-4-6-12(17)9-11/h4-9,13,16H,3,10,19H2,1-2H3. The molecule has 2 rings (SSSR count). The summed E-state index contributed by atoms with van der Waals surface area (Å²) in [7, 11) is 2.12. The van der Waals surface area contributed by atoms with Crippen LogP contribution in [0, 0.1) is 0 Å². The number of rotatable bonds is 6. The van der Waals surface area contributed by atoms with E-state index in [1.54, 1.807) is 11.3 Å². The summed E-state index contributed by atoms with van der Waals surface area (Å²) in [6.07, 6.45) is 0.934. The average Bonchev–Trinajstić information content (AvgIpc) is 2.85. The van der Waals surface area contributed by atoms with Gasteiger partial charge in [0.25, 0.3) is 0 Å². The van der Waals surface area contributed by atoms with E-state index >= 15 is 0 Å². The van der Waals surface area contributed by atoms with Crippen LogP contribution in [-0.4, -0.2) is 18.0 Å². The average molecular weight is 388 g/mol. The number of hydrogen-bond donors (Lipinski definition) is 1. The van der Waals surface area contributed by atoms with Crippen LogP contribution in [-0.2, 0) is 6.54 Å². The molecule has 5 heteroatoms. The third-order valence-electron chi connectivity index (χ3n) is 3.56. The van der Waals surface area contributed by atoms with Gasteiger partial charge in [-0.25, -0.2) is 0 Å². The molecule has 114 valence electrons. The molecular weight excluding hydrogens is 368 g/mol. The summed E-state index contributed by atoms with van der Waals surface area (Å²) >= 11 is 11.2. The van der Waals surface area contributed by atoms with Crippen LogP contribution in [0.25, 0.3) is 0 Å². The molecule has 1 heterocycles. The number of halogens is 2. The largest absolute Gasteiger partial charge is 0.326 e. The Balaban J connectivity index is 2.20. The molecule has 0 amide bonds. The van der Waals surface area contributed by atoms with E-state index in [0.717, 1.165) is 21.8 Å². The summed E-state index contributed by atoms with van der Waals surface area (Å²) in [6.45, 7) is 2.98. The molecule has 1 aromatic heterocycles. The number of benzene rings is 1. The summed E-state index contributed by atoms with van der Waals surface area (Å²) in [4.78, 5) is 3.53. The molecule has 0 aliphatic heterocycles. The Bertz CT molecular complexity index is 587. The zero-order valence-electron chi connectivity index (χ0n) is 12.2. The highest BCUT2D eigenvalue weighted by atomic mass is 79.9. The normalized spacial score (nSPS) is 14.4. The maximum Gasteiger partial charge on any atom is 0.0931 e. The van der Waals surface area contributed by atoms with Crippen molar-refractivity contribution in [3.8, 4) is 0 Å². The van der Waals surface area contributed by atoms with Crippen LogP contribution in [0.15, 0.2) is 40.9 Å². The summed E-state index contributed by atoms with van der Waals surface area (Å²) in [5.41, 5.74) is 7.62. The van der Waals surface area contributed by atoms with Crippen LogP contribution in [0.2, 0.25) is 4.34 Å². The van der Waals surface area contributed by atoms with Crippen LogP contribution >= 0.6 is 38.9 Å². The second-order valence-electron chi connectivity index (χ2n) is 5.20. The fraction of sp³-hybridized carbons (Fsp3) is 0.375. The molecular formula is C16H20BrClN2S. The number of nitrogens with two attached hydrogens (primary N) is 1. The van der Waals surface area contributed by atoms with Gasteiger partial charge in [0.2, 0.25) is 0 Å². The first-order valence-corrected chi connectivity index (χ1v) is 8.95. The van der Waals surface area contributed by atoms with Crippen molar-refractivity contribution in [1.82, 2.24) is 4.90 Å². The summed E-state index contributed by atoms with van der Waals surface area (Å²) in [5.74, 6) is 0. The van der Waals surface area contributed by atoms with E-state index < -0.39 is 0 Å². The fourth-order valence-corrected chi connectivity index (χ4v) is 4.24. The zero-order valence-corrected chi connectivity index (χ0v) is 15.4. The molecule has 2 nitrogen and oxygen atoms in total. The molecule has 0 spiro atoms. The van der Waals surface area contributed by atoms with Crippen molar-refractivity contribution in [1.29, 1.82) is 0 Å². The Morgan fingerprint density at radius 2 is 2.10 bits per heavy atom. The smallest absolute Gasteiger partial charge is 0.0931 e. The molecule has 0 aliphatic rings. The minimum atomic E-state index is 0.0943. The van der Waals surface area contributed by atoms with Crippen molar-refractivity contribution in [3.63, 3.8) is 0 Å². The Kier molecular flexibility index (Phi) is 6.26. The van der Waals surface area contributed by atoms with Crippen molar-refractivity contribution in [2.75, 3.05) is 7.05 Å². The predicted molar refractivity (Wildman–Crippen MR) is 95.9 cm³/mol. The zero-order chi connectivity index (χ0) is 15.4. The van der Waals surface area contributed by atoms with Gasteiger partial charge < -0.3 is 5.73 Å². The molecule has 2 atom stereocenters.